The maximum atomic E-state index is 12.0. The first kappa shape index (κ1) is 26.4. The first-order valence-electron chi connectivity index (χ1n) is 10.00. The maximum absolute atomic E-state index is 12.0. The van der Waals surface area contributed by atoms with Crippen LogP contribution in [0.1, 0.15) is 5.56 Å². The predicted molar refractivity (Wildman–Crippen MR) is 124 cm³/mol. The monoisotopic (exact) mass is 524 g/mol. The minimum atomic E-state index is -5.08. The van der Waals surface area contributed by atoms with Crippen LogP contribution < -0.4 is 20.7 Å². The number of alkyl halides is 3. The second kappa shape index (κ2) is 10.6. The van der Waals surface area contributed by atoms with E-state index in [1.807, 2.05) is 18.2 Å². The second-order valence-corrected chi connectivity index (χ2v) is 9.06. The van der Waals surface area contributed by atoms with E-state index in [4.69, 9.17) is 9.90 Å². The molecule has 0 fully saturated rings. The first-order valence-corrected chi connectivity index (χ1v) is 11.5. The van der Waals surface area contributed by atoms with Crippen LogP contribution in [0.4, 0.5) is 41.9 Å². The van der Waals surface area contributed by atoms with Gasteiger partial charge in [0.2, 0.25) is 15.9 Å². The van der Waals surface area contributed by atoms with Gasteiger partial charge in [0.1, 0.15) is 18.0 Å². The van der Waals surface area contributed by atoms with Crippen LogP contribution in [-0.4, -0.2) is 48.6 Å². The molecule has 1 aromatic heterocycles. The lowest BCUT2D eigenvalue weighted by Crippen LogP contribution is -2.21. The molecule has 0 bridgehead atoms. The molecule has 5 N–H and O–H groups in total. The third-order valence-electron chi connectivity index (χ3n) is 4.60. The van der Waals surface area contributed by atoms with E-state index in [1.165, 1.54) is 25.5 Å². The number of rotatable bonds is 6. The van der Waals surface area contributed by atoms with Crippen molar-refractivity contribution >= 4 is 50.6 Å². The molecule has 0 saturated heterocycles. The number of carbonyl (C=O) groups is 2. The fourth-order valence-electron chi connectivity index (χ4n) is 2.96. The van der Waals surface area contributed by atoms with E-state index < -0.39 is 22.2 Å². The number of hydrogen-bond donors (Lipinski definition) is 5. The van der Waals surface area contributed by atoms with Gasteiger partial charge in [-0.25, -0.2) is 27.9 Å². The van der Waals surface area contributed by atoms with Crippen LogP contribution in [0.15, 0.2) is 59.8 Å². The highest BCUT2D eigenvalue weighted by Crippen LogP contribution is 2.28. The quantitative estimate of drug-likeness (QED) is 0.326. The summed E-state index contributed by atoms with van der Waals surface area (Å²) in [5.74, 6) is -1.72. The summed E-state index contributed by atoms with van der Waals surface area (Å²) in [7, 11) is -2.17. The number of nitrogens with zero attached hydrogens (tertiary/aromatic N) is 2. The first-order chi connectivity index (χ1) is 16.9. The number of amides is 1. The molecule has 11 nitrogen and oxygen atoms in total. The Bertz CT molecular complexity index is 1400. The number of hydrogen-bond acceptors (Lipinski definition) is 8. The summed E-state index contributed by atoms with van der Waals surface area (Å²) in [4.78, 5) is 28.9. The average molecular weight is 524 g/mol. The molecule has 0 unspecified atom stereocenters. The minimum Gasteiger partial charge on any atom is -0.475 e. The second-order valence-electron chi connectivity index (χ2n) is 7.17. The number of fused-ring (bicyclic) bond motifs is 1. The highest BCUT2D eigenvalue weighted by molar-refractivity contribution is 7.89. The molecule has 0 spiro atoms. The number of aromatic nitrogens is 2. The largest absolute Gasteiger partial charge is 0.490 e. The van der Waals surface area contributed by atoms with Crippen LogP contribution in [0.5, 0.6) is 0 Å². The number of carboxylic acids is 1. The summed E-state index contributed by atoms with van der Waals surface area (Å²) in [6, 6.07) is 13.7. The lowest BCUT2D eigenvalue weighted by molar-refractivity contribution is -0.192. The molecule has 1 amide bonds. The van der Waals surface area contributed by atoms with Crippen LogP contribution >= 0.6 is 0 Å². The van der Waals surface area contributed by atoms with E-state index in [0.717, 1.165) is 16.9 Å². The molecule has 0 radical (unpaired) electrons. The third kappa shape index (κ3) is 6.89. The smallest absolute Gasteiger partial charge is 0.475 e. The fraction of sp³-hybridized carbons (Fsp3) is 0.143. The molecule has 4 rings (SSSR count). The lowest BCUT2D eigenvalue weighted by atomic mass is 10.1. The minimum absolute atomic E-state index is 0.0202. The summed E-state index contributed by atoms with van der Waals surface area (Å²) in [5, 5.41) is 16.2. The Kier molecular flexibility index (Phi) is 7.74. The van der Waals surface area contributed by atoms with Crippen LogP contribution in [0.2, 0.25) is 0 Å². The molecule has 190 valence electrons. The molecule has 0 aliphatic carbocycles. The van der Waals surface area contributed by atoms with Crippen LogP contribution in [0.25, 0.3) is 0 Å². The Hall–Kier alpha value is -4.24. The topological polar surface area (TPSA) is 162 Å². The van der Waals surface area contributed by atoms with Crippen molar-refractivity contribution in [1.29, 1.82) is 0 Å². The number of aliphatic carboxylic acids is 1. The molecular weight excluding hydrogens is 505 g/mol. The Morgan fingerprint density at radius 3 is 2.22 bits per heavy atom. The van der Waals surface area contributed by atoms with Gasteiger partial charge in [-0.05, 0) is 49.0 Å². The van der Waals surface area contributed by atoms with Gasteiger partial charge < -0.3 is 21.1 Å². The van der Waals surface area contributed by atoms with Crippen molar-refractivity contribution in [2.75, 3.05) is 23.0 Å². The molecule has 1 aliphatic rings. The van der Waals surface area contributed by atoms with Crippen molar-refractivity contribution in [2.24, 2.45) is 0 Å². The lowest BCUT2D eigenvalue weighted by Gasteiger charge is -2.10. The molecule has 2 aromatic carbocycles. The van der Waals surface area contributed by atoms with Gasteiger partial charge >= 0.3 is 12.1 Å². The number of carboxylic acid groups (broad SMARTS) is 1. The average Bonchev–Trinajstić information content (AvgIpc) is 3.18. The molecule has 15 heteroatoms. The Morgan fingerprint density at radius 1 is 1.03 bits per heavy atom. The highest BCUT2D eigenvalue weighted by atomic mass is 32.2. The molecule has 1 aliphatic heterocycles. The van der Waals surface area contributed by atoms with Crippen molar-refractivity contribution in [2.45, 2.75) is 17.5 Å². The molecular formula is C21H19F3N6O5S. The Labute approximate surface area is 202 Å². The number of sulfonamides is 1. The fourth-order valence-corrected chi connectivity index (χ4v) is 3.73. The van der Waals surface area contributed by atoms with Crippen LogP contribution in [-0.2, 0) is 26.0 Å². The molecule has 36 heavy (non-hydrogen) atoms. The van der Waals surface area contributed by atoms with Crippen molar-refractivity contribution < 1.29 is 36.3 Å². The van der Waals surface area contributed by atoms with Gasteiger partial charge in [-0.15, -0.1) is 0 Å². The predicted octanol–water partition coefficient (Wildman–Crippen LogP) is 3.00. The van der Waals surface area contributed by atoms with Gasteiger partial charge in [0.15, 0.2) is 0 Å². The summed E-state index contributed by atoms with van der Waals surface area (Å²) in [6.07, 6.45) is -3.33. The summed E-state index contributed by atoms with van der Waals surface area (Å²) < 4.78 is 58.0. The van der Waals surface area contributed by atoms with E-state index in [9.17, 15) is 26.4 Å². The van der Waals surface area contributed by atoms with Gasteiger partial charge in [0.25, 0.3) is 0 Å². The summed E-state index contributed by atoms with van der Waals surface area (Å²) in [6.45, 7) is 0. The normalized spacial score (nSPS) is 12.6. The molecule has 3 aromatic rings. The summed E-state index contributed by atoms with van der Waals surface area (Å²) in [5.41, 5.74) is 3.12. The van der Waals surface area contributed by atoms with Crippen molar-refractivity contribution in [3.05, 3.63) is 60.4 Å². The van der Waals surface area contributed by atoms with Crippen molar-refractivity contribution in [3.63, 3.8) is 0 Å². The van der Waals surface area contributed by atoms with Gasteiger partial charge in [-0.1, -0.05) is 6.07 Å². The molecule has 0 saturated carbocycles. The third-order valence-corrected chi connectivity index (χ3v) is 6.01. The van der Waals surface area contributed by atoms with E-state index in [0.29, 0.717) is 23.7 Å². The van der Waals surface area contributed by atoms with Gasteiger partial charge in [0, 0.05) is 23.1 Å². The zero-order chi connectivity index (χ0) is 26.5. The molecule has 0 atom stereocenters. The highest BCUT2D eigenvalue weighted by Gasteiger charge is 2.38. The number of nitrogens with one attached hydrogen (secondary N) is 4. The van der Waals surface area contributed by atoms with E-state index in [1.54, 1.807) is 18.2 Å². The summed E-state index contributed by atoms with van der Waals surface area (Å²) >= 11 is 0. The number of halogens is 3. The van der Waals surface area contributed by atoms with Gasteiger partial charge in [-0.2, -0.15) is 13.2 Å². The van der Waals surface area contributed by atoms with Gasteiger partial charge in [-0.3, -0.25) is 4.79 Å². The number of carbonyl (C=O) groups excluding carboxylic acids is 1. The number of anilines is 5. The Morgan fingerprint density at radius 2 is 1.64 bits per heavy atom. The van der Waals surface area contributed by atoms with E-state index >= 15 is 0 Å². The van der Waals surface area contributed by atoms with E-state index in [-0.39, 0.29) is 10.8 Å². The Balaban J connectivity index is 0.000000454. The zero-order valence-corrected chi connectivity index (χ0v) is 19.2. The van der Waals surface area contributed by atoms with Crippen molar-refractivity contribution in [3.8, 4) is 0 Å². The van der Waals surface area contributed by atoms with E-state index in [2.05, 4.69) is 30.6 Å². The van der Waals surface area contributed by atoms with Crippen molar-refractivity contribution in [1.82, 2.24) is 14.7 Å². The zero-order valence-electron chi connectivity index (χ0n) is 18.4. The molecule has 2 heterocycles. The maximum Gasteiger partial charge on any atom is 0.490 e. The standard InChI is InChI=1S/C19H18N6O3S.C2HF3O2/c1-20-29(27,28)15-4-2-3-13(9-15)23-17-10-18(22-11-21-17)24-14-5-6-16-12(7-14)8-19(26)25-16;3-2(4,5)1(6)7/h2-7,9-11,20H,8H2,1H3,(H,25,26)(H2,21,22,23,24);(H,6,7). The van der Waals surface area contributed by atoms with Crippen LogP contribution in [0.3, 0.4) is 0 Å². The SMILES string of the molecule is CNS(=O)(=O)c1cccc(Nc2cc(Nc3ccc4c(c3)CC(=O)N4)ncn2)c1.O=C(O)C(F)(F)F. The van der Waals surface area contributed by atoms with Crippen LogP contribution in [0, 0.1) is 0 Å². The number of benzene rings is 2. The van der Waals surface area contributed by atoms with Gasteiger partial charge in [0.05, 0.1) is 11.3 Å².